The van der Waals surface area contributed by atoms with Gasteiger partial charge in [-0.15, -0.1) is 11.3 Å². The van der Waals surface area contributed by atoms with E-state index in [4.69, 9.17) is 4.65 Å². The van der Waals surface area contributed by atoms with Crippen molar-refractivity contribution in [3.05, 3.63) is 146 Å². The van der Waals surface area contributed by atoms with Gasteiger partial charge in [-0.05, 0) is 84.4 Å². The summed E-state index contributed by atoms with van der Waals surface area (Å²) in [6, 6.07) is 52.7. The van der Waals surface area contributed by atoms with Gasteiger partial charge in [0.05, 0.1) is 0 Å². The van der Waals surface area contributed by atoms with Gasteiger partial charge in [0.25, 0.3) is 6.81 Å². The SMILES string of the molecule is CC1(C)[B]B(c2cc(-c3ccccc3)cc(-c3cc(N(c4ccccc4)c4ccccc4)cc4c3sc3ccccc34)c2)OC1(C)C. The molecule has 0 spiro atoms. The highest BCUT2D eigenvalue weighted by atomic mass is 32.1. The van der Waals surface area contributed by atoms with Crippen LogP contribution < -0.4 is 10.4 Å². The molecule has 0 bridgehead atoms. The molecular formula is C42H36B2NOS. The van der Waals surface area contributed by atoms with Crippen molar-refractivity contribution in [1.82, 2.24) is 0 Å². The maximum atomic E-state index is 6.78. The second kappa shape index (κ2) is 11.6. The normalized spacial score (nSPS) is 15.2. The second-order valence-corrected chi connectivity index (χ2v) is 14.7. The summed E-state index contributed by atoms with van der Waals surface area (Å²) in [7, 11) is 2.39. The first-order chi connectivity index (χ1) is 22.8. The van der Waals surface area contributed by atoms with Gasteiger partial charge in [0.15, 0.2) is 0 Å². The number of fused-ring (bicyclic) bond motifs is 3. The molecule has 1 saturated heterocycles. The Labute approximate surface area is 283 Å². The quantitative estimate of drug-likeness (QED) is 0.171. The Morgan fingerprint density at radius 1 is 0.574 bits per heavy atom. The molecule has 5 heteroatoms. The van der Waals surface area contributed by atoms with E-state index < -0.39 is 0 Å². The smallest absolute Gasteiger partial charge is 0.280 e. The highest BCUT2D eigenvalue weighted by Gasteiger charge is 2.50. The van der Waals surface area contributed by atoms with Crippen molar-refractivity contribution < 1.29 is 4.65 Å². The first-order valence-electron chi connectivity index (χ1n) is 16.4. The van der Waals surface area contributed by atoms with Crippen LogP contribution in [0.5, 0.6) is 0 Å². The summed E-state index contributed by atoms with van der Waals surface area (Å²) in [4.78, 5) is 2.37. The van der Waals surface area contributed by atoms with Crippen molar-refractivity contribution in [3.8, 4) is 22.3 Å². The van der Waals surface area contributed by atoms with E-state index in [-0.39, 0.29) is 17.7 Å². The summed E-state index contributed by atoms with van der Waals surface area (Å²) in [5.41, 5.74) is 9.11. The summed E-state index contributed by atoms with van der Waals surface area (Å²) in [6.07, 6.45) is 0. The topological polar surface area (TPSA) is 12.5 Å². The molecule has 2 heterocycles. The number of nitrogens with zero attached hydrogens (tertiary/aromatic N) is 1. The first-order valence-corrected chi connectivity index (χ1v) is 17.2. The van der Waals surface area contributed by atoms with Crippen molar-refractivity contribution in [2.45, 2.75) is 38.6 Å². The third-order valence-electron chi connectivity index (χ3n) is 9.99. The highest BCUT2D eigenvalue weighted by Crippen LogP contribution is 2.47. The third kappa shape index (κ3) is 5.38. The minimum Gasteiger partial charge on any atom is -0.435 e. The fourth-order valence-corrected chi connectivity index (χ4v) is 7.99. The second-order valence-electron chi connectivity index (χ2n) is 13.6. The van der Waals surface area contributed by atoms with Gasteiger partial charge in [-0.2, -0.15) is 0 Å². The summed E-state index contributed by atoms with van der Waals surface area (Å²) in [5.74, 6) is 0. The average molecular weight is 624 g/mol. The zero-order valence-corrected chi connectivity index (χ0v) is 28.1. The molecule has 0 amide bonds. The molecule has 47 heavy (non-hydrogen) atoms. The van der Waals surface area contributed by atoms with Gasteiger partial charge in [-0.1, -0.05) is 116 Å². The predicted octanol–water partition coefficient (Wildman–Crippen LogP) is 11.3. The highest BCUT2D eigenvalue weighted by molar-refractivity contribution is 7.26. The minimum absolute atomic E-state index is 0.0644. The maximum Gasteiger partial charge on any atom is 0.280 e. The van der Waals surface area contributed by atoms with Crippen LogP contribution >= 0.6 is 11.3 Å². The molecule has 0 atom stereocenters. The lowest BCUT2D eigenvalue weighted by atomic mass is 9.23. The summed E-state index contributed by atoms with van der Waals surface area (Å²) < 4.78 is 9.37. The van der Waals surface area contributed by atoms with Crippen LogP contribution in [-0.4, -0.2) is 19.6 Å². The Morgan fingerprint density at radius 3 is 1.81 bits per heavy atom. The number of rotatable bonds is 6. The molecule has 0 N–H and O–H groups in total. The molecular weight excluding hydrogens is 588 g/mol. The predicted molar refractivity (Wildman–Crippen MR) is 205 cm³/mol. The molecule has 7 aromatic rings. The van der Waals surface area contributed by atoms with Gasteiger partial charge in [0.2, 0.25) is 0 Å². The lowest BCUT2D eigenvalue weighted by Gasteiger charge is -2.34. The molecule has 2 nitrogen and oxygen atoms in total. The van der Waals surface area contributed by atoms with Crippen LogP contribution in [-0.2, 0) is 4.65 Å². The Morgan fingerprint density at radius 2 is 1.17 bits per heavy atom. The molecule has 6 aromatic carbocycles. The van der Waals surface area contributed by atoms with Gasteiger partial charge in [-0.25, -0.2) is 0 Å². The maximum absolute atomic E-state index is 6.78. The number of hydrogen-bond acceptors (Lipinski definition) is 3. The van der Waals surface area contributed by atoms with Gasteiger partial charge in [0.1, 0.15) is 7.17 Å². The van der Waals surface area contributed by atoms with Crippen LogP contribution in [0.15, 0.2) is 146 Å². The third-order valence-corrected chi connectivity index (χ3v) is 11.2. The van der Waals surface area contributed by atoms with E-state index in [0.717, 1.165) is 17.1 Å². The van der Waals surface area contributed by atoms with Crippen LogP contribution in [0.3, 0.4) is 0 Å². The van der Waals surface area contributed by atoms with Crippen LogP contribution in [0.2, 0.25) is 5.31 Å². The van der Waals surface area contributed by atoms with E-state index in [0.29, 0.717) is 0 Å². The zero-order valence-electron chi connectivity index (χ0n) is 27.3. The van der Waals surface area contributed by atoms with Gasteiger partial charge in [-0.3, -0.25) is 0 Å². The molecule has 1 radical (unpaired) electrons. The molecule has 1 aromatic heterocycles. The molecule has 1 aliphatic rings. The van der Waals surface area contributed by atoms with E-state index in [1.165, 1.54) is 47.9 Å². The van der Waals surface area contributed by atoms with Crippen LogP contribution in [0.25, 0.3) is 42.4 Å². The van der Waals surface area contributed by atoms with E-state index in [1.54, 1.807) is 0 Å². The van der Waals surface area contributed by atoms with E-state index in [1.807, 2.05) is 11.3 Å². The number of hydrogen-bond donors (Lipinski definition) is 0. The van der Waals surface area contributed by atoms with Crippen molar-refractivity contribution in [3.63, 3.8) is 0 Å². The van der Waals surface area contributed by atoms with E-state index in [2.05, 4.69) is 185 Å². The standard InChI is InChI=1S/C42H36B2NOS/c1-41(2)42(3,4)46-44(43-41)32-25-30(29-16-8-5-9-17-29)24-31(26-32)37-27-35(28-38-36-22-14-15-23-39(36)47-40(37)38)45(33-18-10-6-11-19-33)34-20-12-7-13-21-34/h5-28H,1-4H3. The van der Waals surface area contributed by atoms with Crippen molar-refractivity contribution in [2.24, 2.45) is 0 Å². The number of para-hydroxylation sites is 2. The monoisotopic (exact) mass is 624 g/mol. The molecule has 0 saturated carbocycles. The summed E-state index contributed by atoms with van der Waals surface area (Å²) in [6.45, 7) is 8.87. The molecule has 0 unspecified atom stereocenters. The first kappa shape index (κ1) is 29.8. The number of anilines is 3. The van der Waals surface area contributed by atoms with Crippen molar-refractivity contribution in [2.75, 3.05) is 4.90 Å². The van der Waals surface area contributed by atoms with Crippen molar-refractivity contribution in [1.29, 1.82) is 0 Å². The minimum atomic E-state index is -0.273. The Bertz CT molecular complexity index is 2160. The van der Waals surface area contributed by atoms with Crippen molar-refractivity contribution >= 4 is 68.0 Å². The number of benzene rings is 6. The Balaban J connectivity index is 1.40. The summed E-state index contributed by atoms with van der Waals surface area (Å²) in [5, 5.41) is 2.49. The lowest BCUT2D eigenvalue weighted by Crippen LogP contribution is -2.37. The molecule has 227 valence electrons. The molecule has 1 aliphatic heterocycles. The number of thiophene rings is 1. The molecule has 0 aliphatic carbocycles. The van der Waals surface area contributed by atoms with E-state index >= 15 is 0 Å². The van der Waals surface area contributed by atoms with E-state index in [9.17, 15) is 0 Å². The van der Waals surface area contributed by atoms with Crippen LogP contribution in [0.4, 0.5) is 17.1 Å². The van der Waals surface area contributed by atoms with Gasteiger partial charge in [0, 0.05) is 48.4 Å². The molecule has 1 fully saturated rings. The summed E-state index contributed by atoms with van der Waals surface area (Å²) >= 11 is 1.88. The fourth-order valence-electron chi connectivity index (χ4n) is 6.77. The molecule has 8 rings (SSSR count). The van der Waals surface area contributed by atoms with Gasteiger partial charge < -0.3 is 9.55 Å². The van der Waals surface area contributed by atoms with Gasteiger partial charge >= 0.3 is 0 Å². The average Bonchev–Trinajstić information content (AvgIpc) is 3.58. The Kier molecular flexibility index (Phi) is 7.35. The zero-order chi connectivity index (χ0) is 32.2. The largest absolute Gasteiger partial charge is 0.435 e. The Hall–Kier alpha value is -4.57. The van der Waals surface area contributed by atoms with Crippen LogP contribution in [0, 0.1) is 0 Å². The lowest BCUT2D eigenvalue weighted by molar-refractivity contribution is 0.0881. The fraction of sp³-hybridized carbons (Fsp3) is 0.143. The van der Waals surface area contributed by atoms with Crippen LogP contribution in [0.1, 0.15) is 27.7 Å².